The lowest BCUT2D eigenvalue weighted by Gasteiger charge is -2.06. The molecule has 2 aromatic rings. The molecule has 2 rings (SSSR count). The van der Waals surface area contributed by atoms with Crippen LogP contribution in [-0.4, -0.2) is 23.1 Å². The van der Waals surface area contributed by atoms with E-state index in [1.165, 1.54) is 7.05 Å². The van der Waals surface area contributed by atoms with Gasteiger partial charge in [-0.1, -0.05) is 5.16 Å². The van der Waals surface area contributed by atoms with Crippen LogP contribution in [0.25, 0.3) is 11.5 Å². The van der Waals surface area contributed by atoms with E-state index in [-0.39, 0.29) is 11.7 Å². The predicted molar refractivity (Wildman–Crippen MR) is 67.0 cm³/mol. The zero-order chi connectivity index (χ0) is 13.3. The summed E-state index contributed by atoms with van der Waals surface area (Å²) < 4.78 is 5.09. The highest BCUT2D eigenvalue weighted by molar-refractivity contribution is 5.90. The number of hydrogen-bond donors (Lipinski definition) is 2. The average molecular weight is 246 g/mol. The first-order valence-electron chi connectivity index (χ1n) is 5.46. The van der Waals surface area contributed by atoms with Gasteiger partial charge >= 0.3 is 0 Å². The minimum atomic E-state index is -0.386. The van der Waals surface area contributed by atoms with Crippen LogP contribution in [0.4, 0.5) is 5.69 Å². The van der Waals surface area contributed by atoms with E-state index >= 15 is 0 Å². The van der Waals surface area contributed by atoms with Crippen LogP contribution in [0.1, 0.15) is 21.7 Å². The van der Waals surface area contributed by atoms with Crippen LogP contribution < -0.4 is 11.1 Å². The second kappa shape index (κ2) is 4.48. The molecule has 0 aliphatic heterocycles. The summed E-state index contributed by atoms with van der Waals surface area (Å²) in [5.41, 5.74) is 9.18. The molecule has 0 saturated heterocycles. The Balaban J connectivity index is 2.49. The zero-order valence-electron chi connectivity index (χ0n) is 10.4. The summed E-state index contributed by atoms with van der Waals surface area (Å²) in [6.45, 7) is 3.89. The van der Waals surface area contributed by atoms with Gasteiger partial charge in [0.2, 0.25) is 0 Å². The van der Waals surface area contributed by atoms with Crippen LogP contribution in [0.15, 0.2) is 16.7 Å². The maximum absolute atomic E-state index is 11.4. The van der Waals surface area contributed by atoms with E-state index in [9.17, 15) is 4.79 Å². The van der Waals surface area contributed by atoms with Gasteiger partial charge < -0.3 is 15.6 Å². The first-order chi connectivity index (χ1) is 8.52. The third-order valence-corrected chi connectivity index (χ3v) is 2.78. The van der Waals surface area contributed by atoms with Crippen LogP contribution in [0, 0.1) is 13.8 Å². The molecule has 1 aromatic carbocycles. The number of amides is 1. The van der Waals surface area contributed by atoms with E-state index in [0.717, 1.165) is 16.7 Å². The Morgan fingerprint density at radius 3 is 2.78 bits per heavy atom. The molecule has 6 heteroatoms. The molecule has 1 amide bonds. The number of aromatic nitrogens is 2. The van der Waals surface area contributed by atoms with Crippen molar-refractivity contribution in [3.8, 4) is 11.5 Å². The minimum absolute atomic E-state index is 0.00646. The monoisotopic (exact) mass is 246 g/mol. The average Bonchev–Trinajstić information content (AvgIpc) is 2.82. The molecule has 1 heterocycles. The number of benzene rings is 1. The van der Waals surface area contributed by atoms with Gasteiger partial charge in [-0.3, -0.25) is 4.79 Å². The zero-order valence-corrected chi connectivity index (χ0v) is 10.4. The lowest BCUT2D eigenvalue weighted by Crippen LogP contribution is -2.19. The van der Waals surface area contributed by atoms with Crippen LogP contribution in [0.3, 0.4) is 0 Å². The van der Waals surface area contributed by atoms with Gasteiger partial charge in [-0.15, -0.1) is 0 Å². The summed E-state index contributed by atoms with van der Waals surface area (Å²) >= 11 is 0. The molecule has 0 spiro atoms. The third kappa shape index (κ3) is 2.04. The number of carbonyl (C=O) groups is 1. The molecule has 0 saturated carbocycles. The summed E-state index contributed by atoms with van der Waals surface area (Å²) in [5, 5.41) is 6.06. The maximum Gasteiger partial charge on any atom is 0.292 e. The molecule has 0 atom stereocenters. The number of nitrogens with one attached hydrogen (secondary N) is 1. The van der Waals surface area contributed by atoms with Crippen molar-refractivity contribution in [1.29, 1.82) is 0 Å². The highest BCUT2D eigenvalue weighted by atomic mass is 16.5. The van der Waals surface area contributed by atoms with Crippen LogP contribution in [-0.2, 0) is 0 Å². The first-order valence-corrected chi connectivity index (χ1v) is 5.46. The van der Waals surface area contributed by atoms with Gasteiger partial charge in [0, 0.05) is 18.3 Å². The fourth-order valence-corrected chi connectivity index (χ4v) is 1.65. The van der Waals surface area contributed by atoms with Gasteiger partial charge in [0.05, 0.1) is 0 Å². The Morgan fingerprint density at radius 2 is 2.11 bits per heavy atom. The molecule has 0 bridgehead atoms. The molecule has 0 radical (unpaired) electrons. The van der Waals surface area contributed by atoms with Crippen molar-refractivity contribution in [1.82, 2.24) is 15.5 Å². The number of carbonyl (C=O) groups excluding carboxylic acids is 1. The molecular formula is C12H14N4O2. The Morgan fingerprint density at radius 1 is 1.39 bits per heavy atom. The van der Waals surface area contributed by atoms with Crippen LogP contribution in [0.2, 0.25) is 0 Å². The highest BCUT2D eigenvalue weighted by Gasteiger charge is 2.16. The number of aryl methyl sites for hydroxylation is 1. The summed E-state index contributed by atoms with van der Waals surface area (Å²) in [5.74, 6) is -0.0863. The highest BCUT2D eigenvalue weighted by Crippen LogP contribution is 2.26. The molecule has 3 N–H and O–H groups in total. The number of nitrogens with two attached hydrogens (primary N) is 1. The normalized spacial score (nSPS) is 10.4. The molecule has 1 aromatic heterocycles. The second-order valence-corrected chi connectivity index (χ2v) is 4.01. The van der Waals surface area contributed by atoms with Crippen molar-refractivity contribution in [3.63, 3.8) is 0 Å². The van der Waals surface area contributed by atoms with E-state index < -0.39 is 0 Å². The Kier molecular flexibility index (Phi) is 3.01. The lowest BCUT2D eigenvalue weighted by molar-refractivity contribution is 0.0950. The van der Waals surface area contributed by atoms with E-state index in [1.807, 2.05) is 19.9 Å². The third-order valence-electron chi connectivity index (χ3n) is 2.78. The summed E-state index contributed by atoms with van der Waals surface area (Å²) in [6.07, 6.45) is 0. The molecule has 94 valence electrons. The fourth-order valence-electron chi connectivity index (χ4n) is 1.65. The quantitative estimate of drug-likeness (QED) is 0.779. The summed E-state index contributed by atoms with van der Waals surface area (Å²) in [4.78, 5) is 15.4. The van der Waals surface area contributed by atoms with Gasteiger partial charge in [0.25, 0.3) is 17.6 Å². The van der Waals surface area contributed by atoms with E-state index in [4.69, 9.17) is 10.3 Å². The molecule has 6 nitrogen and oxygen atoms in total. The van der Waals surface area contributed by atoms with Crippen molar-refractivity contribution in [3.05, 3.63) is 29.1 Å². The van der Waals surface area contributed by atoms with Crippen molar-refractivity contribution in [2.24, 2.45) is 0 Å². The number of nitrogen functional groups attached to an aromatic ring is 1. The SMILES string of the molecule is CNC(=O)c1noc(-c2cc(N)cc(C)c2C)n1. The maximum atomic E-state index is 11.4. The van der Waals surface area contributed by atoms with Crippen molar-refractivity contribution in [2.75, 3.05) is 12.8 Å². The first kappa shape index (κ1) is 12.1. The predicted octanol–water partition coefficient (Wildman–Crippen LogP) is 1.30. The van der Waals surface area contributed by atoms with Gasteiger partial charge in [-0.2, -0.15) is 4.98 Å². The molecule has 18 heavy (non-hydrogen) atoms. The minimum Gasteiger partial charge on any atom is -0.399 e. The topological polar surface area (TPSA) is 94.0 Å². The number of hydrogen-bond acceptors (Lipinski definition) is 5. The molecule has 0 aliphatic carbocycles. The van der Waals surface area contributed by atoms with Crippen molar-refractivity contribution < 1.29 is 9.32 Å². The van der Waals surface area contributed by atoms with Crippen molar-refractivity contribution >= 4 is 11.6 Å². The smallest absolute Gasteiger partial charge is 0.292 e. The summed E-state index contributed by atoms with van der Waals surface area (Å²) in [6, 6.07) is 3.62. The standard InChI is InChI=1S/C12H14N4O2/c1-6-4-8(13)5-9(7(6)2)12-15-10(16-18-12)11(17)14-3/h4-5H,13H2,1-3H3,(H,14,17). The molecule has 0 fully saturated rings. The van der Waals surface area contributed by atoms with Crippen LogP contribution in [0.5, 0.6) is 0 Å². The fraction of sp³-hybridized carbons (Fsp3) is 0.250. The van der Waals surface area contributed by atoms with Crippen LogP contribution >= 0.6 is 0 Å². The number of anilines is 1. The summed E-state index contributed by atoms with van der Waals surface area (Å²) in [7, 11) is 1.51. The molecular weight excluding hydrogens is 232 g/mol. The second-order valence-electron chi connectivity index (χ2n) is 4.01. The van der Waals surface area contributed by atoms with E-state index in [0.29, 0.717) is 11.6 Å². The van der Waals surface area contributed by atoms with Gasteiger partial charge in [-0.25, -0.2) is 0 Å². The Hall–Kier alpha value is -2.37. The van der Waals surface area contributed by atoms with Gasteiger partial charge in [0.15, 0.2) is 0 Å². The number of nitrogens with zero attached hydrogens (tertiary/aromatic N) is 2. The van der Waals surface area contributed by atoms with Gasteiger partial charge in [-0.05, 0) is 37.1 Å². The molecule has 0 unspecified atom stereocenters. The van der Waals surface area contributed by atoms with Crippen molar-refractivity contribution in [2.45, 2.75) is 13.8 Å². The van der Waals surface area contributed by atoms with E-state index in [2.05, 4.69) is 15.5 Å². The largest absolute Gasteiger partial charge is 0.399 e. The Labute approximate surface area is 104 Å². The van der Waals surface area contributed by atoms with Gasteiger partial charge in [0.1, 0.15) is 0 Å². The Bertz CT molecular complexity index is 604. The number of rotatable bonds is 2. The lowest BCUT2D eigenvalue weighted by atomic mass is 10.0. The molecule has 0 aliphatic rings. The van der Waals surface area contributed by atoms with E-state index in [1.54, 1.807) is 6.07 Å².